The van der Waals surface area contributed by atoms with Crippen molar-refractivity contribution in [1.82, 2.24) is 10.2 Å². The molecule has 4 heteroatoms. The lowest BCUT2D eigenvalue weighted by molar-refractivity contribution is -0.140. The lowest BCUT2D eigenvalue weighted by Crippen LogP contribution is -2.49. The zero-order valence-corrected chi connectivity index (χ0v) is 17.7. The molecule has 0 fully saturated rings. The molecule has 2 aromatic carbocycles. The number of carbonyl (C=O) groups excluding carboxylic acids is 2. The van der Waals surface area contributed by atoms with Crippen molar-refractivity contribution in [3.05, 3.63) is 70.8 Å². The van der Waals surface area contributed by atoms with E-state index in [0.29, 0.717) is 19.4 Å². The Labute approximate surface area is 169 Å². The molecular weight excluding hydrogens is 348 g/mol. The van der Waals surface area contributed by atoms with Crippen LogP contribution < -0.4 is 5.32 Å². The zero-order chi connectivity index (χ0) is 20.7. The van der Waals surface area contributed by atoms with Crippen LogP contribution in [0.2, 0.25) is 0 Å². The van der Waals surface area contributed by atoms with Gasteiger partial charge in [0.05, 0.1) is 0 Å². The molecule has 0 aliphatic heterocycles. The Morgan fingerprint density at radius 3 is 1.86 bits per heavy atom. The highest BCUT2D eigenvalue weighted by Gasteiger charge is 2.26. The van der Waals surface area contributed by atoms with E-state index in [1.807, 2.05) is 52.0 Å². The van der Waals surface area contributed by atoms with Gasteiger partial charge in [-0.3, -0.25) is 9.59 Å². The molecule has 2 rings (SSSR count). The third-order valence-electron chi connectivity index (χ3n) is 4.82. The Morgan fingerprint density at radius 2 is 1.36 bits per heavy atom. The molecule has 2 amide bonds. The van der Waals surface area contributed by atoms with Crippen LogP contribution in [0.4, 0.5) is 0 Å². The summed E-state index contributed by atoms with van der Waals surface area (Å²) in [6.07, 6.45) is 1.05. The first-order valence-electron chi connectivity index (χ1n) is 9.97. The Morgan fingerprint density at radius 1 is 0.857 bits per heavy atom. The molecule has 4 nitrogen and oxygen atoms in total. The molecule has 0 heterocycles. The van der Waals surface area contributed by atoms with Gasteiger partial charge in [0, 0.05) is 19.0 Å². The second-order valence-corrected chi connectivity index (χ2v) is 7.83. The van der Waals surface area contributed by atoms with E-state index < -0.39 is 6.04 Å². The normalized spacial score (nSPS) is 11.9. The molecule has 0 aromatic heterocycles. The van der Waals surface area contributed by atoms with Crippen molar-refractivity contribution < 1.29 is 9.59 Å². The Balaban J connectivity index is 2.12. The molecular formula is C24H32N2O2. The van der Waals surface area contributed by atoms with Gasteiger partial charge in [0.1, 0.15) is 6.04 Å². The van der Waals surface area contributed by atoms with Crippen LogP contribution in [0.3, 0.4) is 0 Å². The van der Waals surface area contributed by atoms with Crippen LogP contribution in [0.15, 0.2) is 48.5 Å². The number of hydrogen-bond donors (Lipinski definition) is 1. The van der Waals surface area contributed by atoms with Gasteiger partial charge < -0.3 is 10.2 Å². The van der Waals surface area contributed by atoms with E-state index in [1.165, 1.54) is 11.1 Å². The van der Waals surface area contributed by atoms with Crippen molar-refractivity contribution in [2.24, 2.45) is 0 Å². The fourth-order valence-electron chi connectivity index (χ4n) is 3.03. The molecule has 0 saturated carbocycles. The second-order valence-electron chi connectivity index (χ2n) is 7.83. The molecule has 0 bridgehead atoms. The van der Waals surface area contributed by atoms with Crippen LogP contribution in [0, 0.1) is 13.8 Å². The van der Waals surface area contributed by atoms with Crippen LogP contribution in [-0.4, -0.2) is 28.8 Å². The first kappa shape index (κ1) is 21.7. The number of hydrogen-bond acceptors (Lipinski definition) is 2. The predicted molar refractivity (Wildman–Crippen MR) is 114 cm³/mol. The van der Waals surface area contributed by atoms with Crippen LogP contribution in [0.5, 0.6) is 0 Å². The molecule has 0 aliphatic rings. The van der Waals surface area contributed by atoms with E-state index in [1.54, 1.807) is 11.8 Å². The van der Waals surface area contributed by atoms with Gasteiger partial charge in [-0.25, -0.2) is 0 Å². The smallest absolute Gasteiger partial charge is 0.242 e. The van der Waals surface area contributed by atoms with Crippen molar-refractivity contribution >= 4 is 11.8 Å². The maximum Gasteiger partial charge on any atom is 0.242 e. The van der Waals surface area contributed by atoms with Crippen molar-refractivity contribution in [2.45, 2.75) is 66.1 Å². The first-order valence-corrected chi connectivity index (χ1v) is 9.97. The Kier molecular flexibility index (Phi) is 7.80. The largest absolute Gasteiger partial charge is 0.352 e. The van der Waals surface area contributed by atoms with E-state index >= 15 is 0 Å². The molecule has 0 aliphatic carbocycles. The maximum atomic E-state index is 13.0. The number of aryl methyl sites for hydroxylation is 3. The van der Waals surface area contributed by atoms with Gasteiger partial charge >= 0.3 is 0 Å². The summed E-state index contributed by atoms with van der Waals surface area (Å²) < 4.78 is 0. The summed E-state index contributed by atoms with van der Waals surface area (Å²) >= 11 is 0. The van der Waals surface area contributed by atoms with E-state index in [9.17, 15) is 9.59 Å². The van der Waals surface area contributed by atoms with Gasteiger partial charge in [-0.05, 0) is 52.2 Å². The standard InChI is InChI=1S/C24H32N2O2/c1-17(2)25-24(28)20(5)26(16-22-12-8-19(4)9-13-22)23(27)15-14-21-10-6-18(3)7-11-21/h6-13,17,20H,14-16H2,1-5H3,(H,25,28)/t20-/m1/s1. The fraction of sp³-hybridized carbons (Fsp3) is 0.417. The van der Waals surface area contributed by atoms with Crippen LogP contribution >= 0.6 is 0 Å². The average molecular weight is 381 g/mol. The highest BCUT2D eigenvalue weighted by Crippen LogP contribution is 2.14. The summed E-state index contributed by atoms with van der Waals surface area (Å²) in [7, 11) is 0. The minimum atomic E-state index is -0.519. The number of nitrogens with one attached hydrogen (secondary N) is 1. The quantitative estimate of drug-likeness (QED) is 0.747. The van der Waals surface area contributed by atoms with Gasteiger partial charge in [-0.15, -0.1) is 0 Å². The Hall–Kier alpha value is -2.62. The van der Waals surface area contributed by atoms with Crippen molar-refractivity contribution in [2.75, 3.05) is 0 Å². The van der Waals surface area contributed by atoms with Gasteiger partial charge in [0.25, 0.3) is 0 Å². The topological polar surface area (TPSA) is 49.4 Å². The van der Waals surface area contributed by atoms with E-state index in [0.717, 1.165) is 11.1 Å². The highest BCUT2D eigenvalue weighted by atomic mass is 16.2. The number of rotatable bonds is 8. The summed E-state index contributed by atoms with van der Waals surface area (Å²) in [5.74, 6) is -0.127. The number of nitrogens with zero attached hydrogens (tertiary/aromatic N) is 1. The molecule has 0 saturated heterocycles. The maximum absolute atomic E-state index is 13.0. The SMILES string of the molecule is Cc1ccc(CCC(=O)N(Cc2ccc(C)cc2)[C@H](C)C(=O)NC(C)C)cc1. The minimum absolute atomic E-state index is 0.00689. The lowest BCUT2D eigenvalue weighted by Gasteiger charge is -2.29. The average Bonchev–Trinajstić information content (AvgIpc) is 2.65. The second kappa shape index (κ2) is 10.1. The summed E-state index contributed by atoms with van der Waals surface area (Å²) in [4.78, 5) is 27.3. The predicted octanol–water partition coefficient (Wildman–Crippen LogP) is 4.18. The monoisotopic (exact) mass is 380 g/mol. The van der Waals surface area contributed by atoms with Crippen LogP contribution in [-0.2, 0) is 22.6 Å². The number of carbonyl (C=O) groups is 2. The van der Waals surface area contributed by atoms with Crippen LogP contribution in [0.1, 0.15) is 49.4 Å². The third kappa shape index (κ3) is 6.52. The molecule has 0 spiro atoms. The minimum Gasteiger partial charge on any atom is -0.352 e. The number of amides is 2. The molecule has 1 N–H and O–H groups in total. The summed E-state index contributed by atoms with van der Waals surface area (Å²) in [5.41, 5.74) is 4.54. The van der Waals surface area contributed by atoms with Gasteiger partial charge in [0.2, 0.25) is 11.8 Å². The fourth-order valence-corrected chi connectivity index (χ4v) is 3.03. The Bertz CT molecular complexity index is 779. The van der Waals surface area contributed by atoms with Gasteiger partial charge in [-0.1, -0.05) is 59.7 Å². The van der Waals surface area contributed by atoms with Gasteiger partial charge in [-0.2, -0.15) is 0 Å². The molecule has 0 radical (unpaired) electrons. The lowest BCUT2D eigenvalue weighted by atomic mass is 10.1. The summed E-state index contributed by atoms with van der Waals surface area (Å²) in [6, 6.07) is 15.8. The molecule has 150 valence electrons. The number of benzene rings is 2. The van der Waals surface area contributed by atoms with E-state index in [2.05, 4.69) is 29.6 Å². The molecule has 28 heavy (non-hydrogen) atoms. The summed E-state index contributed by atoms with van der Waals surface area (Å²) in [5, 5.41) is 2.92. The highest BCUT2D eigenvalue weighted by molar-refractivity contribution is 5.87. The van der Waals surface area contributed by atoms with E-state index in [4.69, 9.17) is 0 Å². The molecule has 1 atom stereocenters. The third-order valence-corrected chi connectivity index (χ3v) is 4.82. The zero-order valence-electron chi connectivity index (χ0n) is 17.7. The van der Waals surface area contributed by atoms with Crippen molar-refractivity contribution in [3.63, 3.8) is 0 Å². The van der Waals surface area contributed by atoms with Crippen molar-refractivity contribution in [3.8, 4) is 0 Å². The first-order chi connectivity index (χ1) is 13.3. The van der Waals surface area contributed by atoms with E-state index in [-0.39, 0.29) is 17.9 Å². The van der Waals surface area contributed by atoms with Gasteiger partial charge in [0.15, 0.2) is 0 Å². The molecule has 0 unspecified atom stereocenters. The van der Waals surface area contributed by atoms with Crippen LogP contribution in [0.25, 0.3) is 0 Å². The van der Waals surface area contributed by atoms with Crippen molar-refractivity contribution in [1.29, 1.82) is 0 Å². The molecule has 2 aromatic rings. The summed E-state index contributed by atoms with van der Waals surface area (Å²) in [6.45, 7) is 10.2.